The molecular formula is C15H21N5OS. The maximum absolute atomic E-state index is 12.3. The maximum Gasteiger partial charge on any atom is 0.346 e. The van der Waals surface area contributed by atoms with E-state index < -0.39 is 0 Å². The van der Waals surface area contributed by atoms with Crippen LogP contribution >= 0.6 is 11.8 Å². The van der Waals surface area contributed by atoms with Gasteiger partial charge < -0.3 is 4.90 Å². The van der Waals surface area contributed by atoms with Crippen LogP contribution in [-0.4, -0.2) is 44.8 Å². The second-order valence-corrected chi connectivity index (χ2v) is 7.15. The minimum atomic E-state index is -0.207. The van der Waals surface area contributed by atoms with E-state index in [1.165, 1.54) is 21.3 Å². The second-order valence-electron chi connectivity index (χ2n) is 6.21. The van der Waals surface area contributed by atoms with Crippen molar-refractivity contribution in [3.63, 3.8) is 0 Å². The summed E-state index contributed by atoms with van der Waals surface area (Å²) in [6, 6.07) is 3.70. The van der Waals surface area contributed by atoms with Crippen LogP contribution < -0.4 is 0 Å². The van der Waals surface area contributed by atoms with Gasteiger partial charge in [0.2, 0.25) is 0 Å². The highest BCUT2D eigenvalue weighted by Crippen LogP contribution is 2.25. The molecule has 0 bridgehead atoms. The van der Waals surface area contributed by atoms with E-state index >= 15 is 0 Å². The summed E-state index contributed by atoms with van der Waals surface area (Å²) in [7, 11) is 3.41. The lowest BCUT2D eigenvalue weighted by Gasteiger charge is -2.13. The first-order chi connectivity index (χ1) is 10.3. The Labute approximate surface area is 134 Å². The van der Waals surface area contributed by atoms with E-state index in [4.69, 9.17) is 0 Å². The van der Waals surface area contributed by atoms with Crippen LogP contribution in [0, 0.1) is 0 Å². The lowest BCUT2D eigenvalue weighted by molar-refractivity contribution is 0.213. The Hall–Kier alpha value is -1.89. The number of nitrogens with zero attached hydrogens (tertiary/aromatic N) is 5. The maximum atomic E-state index is 12.3. The fourth-order valence-corrected chi connectivity index (χ4v) is 2.51. The predicted molar refractivity (Wildman–Crippen MR) is 87.0 cm³/mol. The predicted octanol–water partition coefficient (Wildman–Crippen LogP) is 2.79. The van der Waals surface area contributed by atoms with Gasteiger partial charge in [0.25, 0.3) is 0 Å². The molecule has 6 nitrogen and oxygen atoms in total. The van der Waals surface area contributed by atoms with E-state index in [0.717, 1.165) is 5.56 Å². The summed E-state index contributed by atoms with van der Waals surface area (Å²) in [5.74, 6) is 1.35. The first kappa shape index (κ1) is 16.5. The lowest BCUT2D eigenvalue weighted by Crippen LogP contribution is -2.29. The molecule has 2 rings (SSSR count). The molecule has 0 unspecified atom stereocenters. The summed E-state index contributed by atoms with van der Waals surface area (Å²) in [6.45, 7) is 6.09. The SMILES string of the molecule is CN(C)C(=O)n1nc(C(C)(C)C)nc1SCc1cccnc1. The summed E-state index contributed by atoms with van der Waals surface area (Å²) >= 11 is 1.48. The van der Waals surface area contributed by atoms with Crippen LogP contribution in [-0.2, 0) is 11.2 Å². The van der Waals surface area contributed by atoms with Crippen molar-refractivity contribution in [1.82, 2.24) is 24.6 Å². The van der Waals surface area contributed by atoms with Crippen LogP contribution in [0.15, 0.2) is 29.7 Å². The molecule has 0 saturated heterocycles. The number of rotatable bonds is 3. The van der Waals surface area contributed by atoms with E-state index in [1.54, 1.807) is 20.3 Å². The van der Waals surface area contributed by atoms with E-state index in [2.05, 4.69) is 15.1 Å². The van der Waals surface area contributed by atoms with Crippen molar-refractivity contribution >= 4 is 17.8 Å². The molecule has 1 amide bonds. The Bertz CT molecular complexity index is 646. The van der Waals surface area contributed by atoms with Crippen molar-refractivity contribution in [1.29, 1.82) is 0 Å². The summed E-state index contributed by atoms with van der Waals surface area (Å²) in [4.78, 5) is 22.4. The molecule has 2 heterocycles. The number of carbonyl (C=O) groups is 1. The molecule has 22 heavy (non-hydrogen) atoms. The zero-order valence-electron chi connectivity index (χ0n) is 13.6. The topological polar surface area (TPSA) is 63.9 Å². The molecule has 118 valence electrons. The van der Waals surface area contributed by atoms with Gasteiger partial charge in [0.1, 0.15) is 0 Å². The Balaban J connectivity index is 2.28. The molecule has 0 aliphatic heterocycles. The third kappa shape index (κ3) is 3.85. The molecule has 2 aromatic rings. The molecule has 2 aromatic heterocycles. The molecule has 0 aliphatic carbocycles. The summed E-state index contributed by atoms with van der Waals surface area (Å²) in [6.07, 6.45) is 3.55. The number of hydrogen-bond acceptors (Lipinski definition) is 5. The van der Waals surface area contributed by atoms with E-state index in [-0.39, 0.29) is 11.4 Å². The second kappa shape index (κ2) is 6.48. The monoisotopic (exact) mass is 319 g/mol. The zero-order valence-corrected chi connectivity index (χ0v) is 14.4. The third-order valence-corrected chi connectivity index (χ3v) is 3.90. The number of pyridine rings is 1. The summed E-state index contributed by atoms with van der Waals surface area (Å²) < 4.78 is 1.38. The van der Waals surface area contributed by atoms with E-state index in [9.17, 15) is 4.79 Å². The minimum Gasteiger partial charge on any atom is -0.329 e. The van der Waals surface area contributed by atoms with Gasteiger partial charge in [-0.1, -0.05) is 38.6 Å². The van der Waals surface area contributed by atoms with Gasteiger partial charge in [-0.15, -0.1) is 5.10 Å². The van der Waals surface area contributed by atoms with Crippen molar-refractivity contribution < 1.29 is 4.79 Å². The molecular weight excluding hydrogens is 298 g/mol. The van der Waals surface area contributed by atoms with E-state index in [1.807, 2.05) is 39.1 Å². The third-order valence-electron chi connectivity index (χ3n) is 2.90. The van der Waals surface area contributed by atoms with Crippen LogP contribution in [0.2, 0.25) is 0 Å². The highest BCUT2D eigenvalue weighted by Gasteiger charge is 2.25. The van der Waals surface area contributed by atoms with Gasteiger partial charge in [-0.25, -0.2) is 9.78 Å². The van der Waals surface area contributed by atoms with Gasteiger partial charge in [-0.3, -0.25) is 4.98 Å². The van der Waals surface area contributed by atoms with Gasteiger partial charge >= 0.3 is 6.03 Å². The number of hydrogen-bond donors (Lipinski definition) is 0. The van der Waals surface area contributed by atoms with Crippen LogP contribution in [0.5, 0.6) is 0 Å². The summed E-state index contributed by atoms with van der Waals surface area (Å²) in [5.41, 5.74) is 0.873. The Kier molecular flexibility index (Phi) is 4.85. The highest BCUT2D eigenvalue weighted by atomic mass is 32.2. The zero-order chi connectivity index (χ0) is 16.3. The molecule has 0 spiro atoms. The molecule has 0 radical (unpaired) electrons. The quantitative estimate of drug-likeness (QED) is 0.814. The molecule has 0 aromatic carbocycles. The highest BCUT2D eigenvalue weighted by molar-refractivity contribution is 7.98. The Morgan fingerprint density at radius 2 is 2.09 bits per heavy atom. The first-order valence-corrected chi connectivity index (χ1v) is 7.98. The Morgan fingerprint density at radius 1 is 1.36 bits per heavy atom. The fourth-order valence-electron chi connectivity index (χ4n) is 1.65. The standard InChI is InChI=1S/C15H21N5OS/c1-15(2,3)12-17-13(20(18-12)14(21)19(4)5)22-10-11-7-6-8-16-9-11/h6-9H,10H2,1-5H3. The van der Waals surface area contributed by atoms with Gasteiger partial charge in [0.15, 0.2) is 11.0 Å². The van der Waals surface area contributed by atoms with Gasteiger partial charge in [-0.05, 0) is 11.6 Å². The van der Waals surface area contributed by atoms with Gasteiger partial charge in [0, 0.05) is 37.7 Å². The van der Waals surface area contributed by atoms with Gasteiger partial charge in [-0.2, -0.15) is 4.68 Å². The Morgan fingerprint density at radius 3 is 2.64 bits per heavy atom. The van der Waals surface area contributed by atoms with Crippen molar-refractivity contribution in [2.24, 2.45) is 0 Å². The van der Waals surface area contributed by atoms with Crippen molar-refractivity contribution in [3.8, 4) is 0 Å². The lowest BCUT2D eigenvalue weighted by atomic mass is 9.96. The summed E-state index contributed by atoms with van der Waals surface area (Å²) in [5, 5.41) is 5.00. The van der Waals surface area contributed by atoms with Crippen molar-refractivity contribution in [2.45, 2.75) is 37.1 Å². The van der Waals surface area contributed by atoms with Crippen LogP contribution in [0.4, 0.5) is 4.79 Å². The molecule has 0 fully saturated rings. The van der Waals surface area contributed by atoms with E-state index in [0.29, 0.717) is 16.7 Å². The van der Waals surface area contributed by atoms with Crippen molar-refractivity contribution in [2.75, 3.05) is 14.1 Å². The molecule has 0 atom stereocenters. The number of carbonyl (C=O) groups excluding carboxylic acids is 1. The van der Waals surface area contributed by atoms with Crippen LogP contribution in [0.25, 0.3) is 0 Å². The molecule has 7 heteroatoms. The number of amides is 1. The smallest absolute Gasteiger partial charge is 0.329 e. The molecule has 0 N–H and O–H groups in total. The molecule has 0 aliphatic rings. The number of aromatic nitrogens is 4. The average molecular weight is 319 g/mol. The minimum absolute atomic E-state index is 0.198. The van der Waals surface area contributed by atoms with Crippen molar-refractivity contribution in [3.05, 3.63) is 35.9 Å². The normalized spacial score (nSPS) is 11.5. The first-order valence-electron chi connectivity index (χ1n) is 7.00. The fraction of sp³-hybridized carbons (Fsp3) is 0.467. The van der Waals surface area contributed by atoms with Gasteiger partial charge in [0.05, 0.1) is 0 Å². The molecule has 0 saturated carbocycles. The average Bonchev–Trinajstić information content (AvgIpc) is 2.89. The number of thioether (sulfide) groups is 1. The van der Waals surface area contributed by atoms with Crippen LogP contribution in [0.1, 0.15) is 32.2 Å². The largest absolute Gasteiger partial charge is 0.346 e. The van der Waals surface area contributed by atoms with Crippen LogP contribution in [0.3, 0.4) is 0 Å².